The summed E-state index contributed by atoms with van der Waals surface area (Å²) in [5.41, 5.74) is 6.89. The Morgan fingerprint density at radius 1 is 1.35 bits per heavy atom. The second-order valence-corrected chi connectivity index (χ2v) is 6.96. The lowest BCUT2D eigenvalue weighted by Gasteiger charge is -2.13. The van der Waals surface area contributed by atoms with Crippen LogP contribution in [0.3, 0.4) is 0 Å². The van der Waals surface area contributed by atoms with Gasteiger partial charge in [0.1, 0.15) is 0 Å². The molecule has 1 atom stereocenters. The Hall–Kier alpha value is -1.59. The smallest absolute Gasteiger partial charge is 0.252 e. The molecule has 6 heteroatoms. The van der Waals surface area contributed by atoms with Crippen molar-refractivity contribution in [1.82, 2.24) is 5.32 Å². The number of amides is 2. The first-order valence-corrected chi connectivity index (χ1v) is 8.37. The molecule has 1 aliphatic carbocycles. The van der Waals surface area contributed by atoms with Crippen LogP contribution in [0.1, 0.15) is 43.5 Å². The molecule has 0 spiro atoms. The summed E-state index contributed by atoms with van der Waals surface area (Å²) in [6.45, 7) is 4.39. The van der Waals surface area contributed by atoms with Gasteiger partial charge in [0.25, 0.3) is 5.91 Å². The summed E-state index contributed by atoms with van der Waals surface area (Å²) in [4.78, 5) is 24.1. The number of halogens is 1. The molecule has 5 nitrogen and oxygen atoms in total. The Kier molecular flexibility index (Phi) is 6.02. The van der Waals surface area contributed by atoms with Crippen LogP contribution < -0.4 is 16.4 Å². The third kappa shape index (κ3) is 5.52. The molecule has 2 amide bonds. The van der Waals surface area contributed by atoms with Gasteiger partial charge in [-0.2, -0.15) is 0 Å². The number of nitrogens with one attached hydrogen (secondary N) is 2. The first-order chi connectivity index (χ1) is 10.9. The van der Waals surface area contributed by atoms with Gasteiger partial charge in [-0.05, 0) is 42.9 Å². The lowest BCUT2D eigenvalue weighted by atomic mass is 10.1. The number of hydrogen-bond donors (Lipinski definition) is 3. The highest BCUT2D eigenvalue weighted by Crippen LogP contribution is 2.31. The molecule has 1 unspecified atom stereocenters. The molecule has 0 bridgehead atoms. The molecular weight excluding hydrogens is 314 g/mol. The minimum atomic E-state index is -0.272. The lowest BCUT2D eigenvalue weighted by molar-refractivity contribution is -0.116. The largest absolute Gasteiger partial charge is 0.350 e. The van der Waals surface area contributed by atoms with Gasteiger partial charge in [-0.15, -0.1) is 0 Å². The van der Waals surface area contributed by atoms with Crippen molar-refractivity contribution in [1.29, 1.82) is 0 Å². The van der Waals surface area contributed by atoms with Crippen molar-refractivity contribution in [2.24, 2.45) is 17.6 Å². The van der Waals surface area contributed by atoms with Gasteiger partial charge in [0.2, 0.25) is 5.91 Å². The van der Waals surface area contributed by atoms with Crippen LogP contribution in [-0.4, -0.2) is 24.4 Å². The van der Waals surface area contributed by atoms with Crippen molar-refractivity contribution in [3.8, 4) is 0 Å². The quantitative estimate of drug-likeness (QED) is 0.715. The summed E-state index contributed by atoms with van der Waals surface area (Å²) in [7, 11) is 0. The Morgan fingerprint density at radius 2 is 2.04 bits per heavy atom. The molecule has 0 heterocycles. The molecule has 1 aromatic rings. The van der Waals surface area contributed by atoms with Gasteiger partial charge >= 0.3 is 0 Å². The number of anilines is 1. The number of nitrogens with two attached hydrogens (primary N) is 1. The number of benzene rings is 1. The molecular formula is C17H24ClN3O2. The van der Waals surface area contributed by atoms with Crippen LogP contribution in [0.4, 0.5) is 5.69 Å². The van der Waals surface area contributed by atoms with Crippen LogP contribution in [-0.2, 0) is 4.79 Å². The predicted molar refractivity (Wildman–Crippen MR) is 92.6 cm³/mol. The Balaban J connectivity index is 1.98. The molecule has 1 saturated carbocycles. The van der Waals surface area contributed by atoms with E-state index in [0.717, 1.165) is 12.8 Å². The highest BCUT2D eigenvalue weighted by Gasteiger charge is 2.28. The van der Waals surface area contributed by atoms with Gasteiger partial charge in [-0.3, -0.25) is 9.59 Å². The summed E-state index contributed by atoms with van der Waals surface area (Å²) in [5.74, 6) is 0.442. The van der Waals surface area contributed by atoms with Crippen molar-refractivity contribution < 1.29 is 9.59 Å². The normalized spacial score (nSPS) is 15.3. The van der Waals surface area contributed by atoms with Gasteiger partial charge in [0.15, 0.2) is 0 Å². The second-order valence-electron chi connectivity index (χ2n) is 6.55. The maximum absolute atomic E-state index is 12.3. The predicted octanol–water partition coefficient (Wildman–Crippen LogP) is 2.79. The van der Waals surface area contributed by atoms with Crippen molar-refractivity contribution in [3.63, 3.8) is 0 Å². The molecule has 23 heavy (non-hydrogen) atoms. The Bertz CT molecular complexity index is 585. The van der Waals surface area contributed by atoms with Gasteiger partial charge in [-0.1, -0.05) is 25.4 Å². The van der Waals surface area contributed by atoms with E-state index in [1.165, 1.54) is 0 Å². The van der Waals surface area contributed by atoms with Crippen LogP contribution in [0.25, 0.3) is 0 Å². The molecule has 1 fully saturated rings. The van der Waals surface area contributed by atoms with Gasteiger partial charge in [0, 0.05) is 24.7 Å². The van der Waals surface area contributed by atoms with E-state index in [9.17, 15) is 9.59 Å². The summed E-state index contributed by atoms with van der Waals surface area (Å²) < 4.78 is 0. The number of rotatable bonds is 7. The molecule has 2 rings (SSSR count). The number of carbonyl (C=O) groups is 2. The summed E-state index contributed by atoms with van der Waals surface area (Å²) in [6, 6.07) is 4.89. The zero-order valence-electron chi connectivity index (χ0n) is 13.6. The van der Waals surface area contributed by atoms with Crippen molar-refractivity contribution in [3.05, 3.63) is 28.8 Å². The van der Waals surface area contributed by atoms with E-state index in [4.69, 9.17) is 17.3 Å². The second kappa shape index (κ2) is 7.79. The summed E-state index contributed by atoms with van der Waals surface area (Å²) in [5, 5.41) is 5.95. The highest BCUT2D eigenvalue weighted by molar-refractivity contribution is 6.34. The first kappa shape index (κ1) is 17.8. The van der Waals surface area contributed by atoms with Crippen molar-refractivity contribution in [2.75, 3.05) is 11.9 Å². The zero-order valence-corrected chi connectivity index (χ0v) is 14.3. The van der Waals surface area contributed by atoms with E-state index >= 15 is 0 Å². The molecule has 0 saturated heterocycles. The van der Waals surface area contributed by atoms with Crippen LogP contribution >= 0.6 is 11.6 Å². The van der Waals surface area contributed by atoms with Crippen molar-refractivity contribution in [2.45, 2.75) is 39.2 Å². The zero-order chi connectivity index (χ0) is 17.0. The third-order valence-electron chi connectivity index (χ3n) is 3.81. The summed E-state index contributed by atoms with van der Waals surface area (Å²) >= 11 is 6.10. The maximum atomic E-state index is 12.3. The van der Waals surface area contributed by atoms with Gasteiger partial charge in [-0.25, -0.2) is 0 Å². The fourth-order valence-electron chi connectivity index (χ4n) is 2.36. The van der Waals surface area contributed by atoms with E-state index in [2.05, 4.69) is 10.6 Å². The van der Waals surface area contributed by atoms with Gasteiger partial charge < -0.3 is 16.4 Å². The van der Waals surface area contributed by atoms with E-state index < -0.39 is 0 Å². The molecule has 0 aromatic heterocycles. The fourth-order valence-corrected chi connectivity index (χ4v) is 2.56. The van der Waals surface area contributed by atoms with Crippen LogP contribution in [0.5, 0.6) is 0 Å². The molecule has 4 N–H and O–H groups in total. The highest BCUT2D eigenvalue weighted by atomic mass is 35.5. The minimum Gasteiger partial charge on any atom is -0.350 e. The average molecular weight is 338 g/mol. The molecule has 0 aliphatic heterocycles. The van der Waals surface area contributed by atoms with E-state index in [-0.39, 0.29) is 23.8 Å². The maximum Gasteiger partial charge on any atom is 0.252 e. The van der Waals surface area contributed by atoms with Crippen molar-refractivity contribution >= 4 is 29.1 Å². The first-order valence-electron chi connectivity index (χ1n) is 8.00. The SMILES string of the molecule is CC(C)CC(=O)Nc1ccc(Cl)c(C(=O)NCC(N)C2CC2)c1. The third-order valence-corrected chi connectivity index (χ3v) is 4.14. The van der Waals surface area contributed by atoms with Gasteiger partial charge in [0.05, 0.1) is 10.6 Å². The average Bonchev–Trinajstić information content (AvgIpc) is 3.30. The minimum absolute atomic E-state index is 0.00773. The van der Waals surface area contributed by atoms with Crippen LogP contribution in [0.2, 0.25) is 5.02 Å². The van der Waals surface area contributed by atoms with Crippen LogP contribution in [0, 0.1) is 11.8 Å². The van der Waals surface area contributed by atoms with E-state index in [1.54, 1.807) is 18.2 Å². The van der Waals surface area contributed by atoms with E-state index in [1.807, 2.05) is 13.8 Å². The molecule has 1 aliphatic rings. The fraction of sp³-hybridized carbons (Fsp3) is 0.529. The molecule has 1 aromatic carbocycles. The topological polar surface area (TPSA) is 84.2 Å². The monoisotopic (exact) mass is 337 g/mol. The van der Waals surface area contributed by atoms with E-state index in [0.29, 0.717) is 35.2 Å². The Labute approximate surface area is 142 Å². The Morgan fingerprint density at radius 3 is 2.65 bits per heavy atom. The molecule has 0 radical (unpaired) electrons. The lowest BCUT2D eigenvalue weighted by Crippen LogP contribution is -2.38. The number of hydrogen-bond acceptors (Lipinski definition) is 3. The summed E-state index contributed by atoms with van der Waals surface area (Å²) in [6.07, 6.45) is 2.70. The number of carbonyl (C=O) groups excluding carboxylic acids is 2. The molecule has 126 valence electrons. The van der Waals surface area contributed by atoms with Crippen LogP contribution in [0.15, 0.2) is 18.2 Å². The standard InChI is InChI=1S/C17H24ClN3O2/c1-10(2)7-16(22)21-12-5-6-14(18)13(8-12)17(23)20-9-15(19)11-3-4-11/h5-6,8,10-11,15H,3-4,7,9,19H2,1-2H3,(H,20,23)(H,21,22).